The summed E-state index contributed by atoms with van der Waals surface area (Å²) in [5.41, 5.74) is 3.26. The van der Waals surface area contributed by atoms with Crippen molar-refractivity contribution in [3.8, 4) is 28.3 Å². The first kappa shape index (κ1) is 14.4. The zero-order valence-corrected chi connectivity index (χ0v) is 13.1. The molecular weight excluding hydrogens is 272 g/mol. The fourth-order valence-electron chi connectivity index (χ4n) is 2.55. The van der Waals surface area contributed by atoms with Gasteiger partial charge in [0.1, 0.15) is 5.69 Å². The van der Waals surface area contributed by atoms with Gasteiger partial charge < -0.3 is 5.11 Å². The fraction of sp³-hybridized carbons (Fsp3) is 0.211. The molecule has 0 amide bonds. The Kier molecular flexibility index (Phi) is 3.49. The van der Waals surface area contributed by atoms with Crippen molar-refractivity contribution in [2.75, 3.05) is 0 Å². The Labute approximate surface area is 130 Å². The first-order valence-electron chi connectivity index (χ1n) is 7.42. The van der Waals surface area contributed by atoms with Crippen LogP contribution >= 0.6 is 0 Å². The van der Waals surface area contributed by atoms with Crippen molar-refractivity contribution in [2.45, 2.75) is 26.3 Å². The SMILES string of the molecule is CC(C)(C)n1nc(-c2ccccc2)c(-c2ccccc2)c1O. The van der Waals surface area contributed by atoms with Gasteiger partial charge in [-0.25, -0.2) is 4.68 Å². The summed E-state index contributed by atoms with van der Waals surface area (Å²) in [6.45, 7) is 6.09. The van der Waals surface area contributed by atoms with E-state index in [4.69, 9.17) is 5.10 Å². The van der Waals surface area contributed by atoms with E-state index < -0.39 is 0 Å². The molecule has 0 aliphatic carbocycles. The summed E-state index contributed by atoms with van der Waals surface area (Å²) in [7, 11) is 0. The molecule has 3 nitrogen and oxygen atoms in total. The molecule has 0 atom stereocenters. The molecule has 3 aromatic rings. The van der Waals surface area contributed by atoms with Crippen LogP contribution in [0.5, 0.6) is 5.88 Å². The lowest BCUT2D eigenvalue weighted by molar-refractivity contribution is 0.296. The van der Waals surface area contributed by atoms with Gasteiger partial charge in [0.2, 0.25) is 5.88 Å². The normalized spacial score (nSPS) is 11.6. The standard InChI is InChI=1S/C19H20N2O/c1-19(2,3)21-18(22)16(14-10-6-4-7-11-14)17(20-21)15-12-8-5-9-13-15/h4-13,22H,1-3H3. The van der Waals surface area contributed by atoms with E-state index in [1.54, 1.807) is 4.68 Å². The molecule has 0 bridgehead atoms. The number of benzene rings is 2. The minimum absolute atomic E-state index is 0.206. The number of rotatable bonds is 2. The summed E-state index contributed by atoms with van der Waals surface area (Å²) in [5, 5.41) is 15.5. The second-order valence-electron chi connectivity index (χ2n) is 6.36. The Morgan fingerprint density at radius 2 is 1.32 bits per heavy atom. The van der Waals surface area contributed by atoms with Gasteiger partial charge in [0.05, 0.1) is 11.1 Å². The molecule has 0 saturated carbocycles. The van der Waals surface area contributed by atoms with Crippen molar-refractivity contribution in [2.24, 2.45) is 0 Å². The van der Waals surface area contributed by atoms with Gasteiger partial charge in [-0.1, -0.05) is 60.7 Å². The summed E-state index contributed by atoms with van der Waals surface area (Å²) in [4.78, 5) is 0. The lowest BCUT2D eigenvalue weighted by Crippen LogP contribution is -2.22. The molecule has 2 aromatic carbocycles. The second-order valence-corrected chi connectivity index (χ2v) is 6.36. The van der Waals surface area contributed by atoms with E-state index in [1.807, 2.05) is 81.4 Å². The van der Waals surface area contributed by atoms with E-state index in [9.17, 15) is 5.11 Å². The van der Waals surface area contributed by atoms with Crippen LogP contribution in [0.15, 0.2) is 60.7 Å². The molecule has 1 N–H and O–H groups in total. The quantitative estimate of drug-likeness (QED) is 0.745. The fourth-order valence-corrected chi connectivity index (χ4v) is 2.55. The monoisotopic (exact) mass is 292 g/mol. The Hall–Kier alpha value is -2.55. The lowest BCUT2D eigenvalue weighted by Gasteiger charge is -2.20. The third-order valence-electron chi connectivity index (χ3n) is 3.61. The van der Waals surface area contributed by atoms with Crippen molar-refractivity contribution in [1.82, 2.24) is 9.78 Å². The smallest absolute Gasteiger partial charge is 0.218 e. The largest absolute Gasteiger partial charge is 0.493 e. The minimum Gasteiger partial charge on any atom is -0.493 e. The number of aromatic hydroxyl groups is 1. The summed E-state index contributed by atoms with van der Waals surface area (Å²) >= 11 is 0. The third kappa shape index (κ3) is 2.50. The Morgan fingerprint density at radius 3 is 1.82 bits per heavy atom. The summed E-state index contributed by atoms with van der Waals surface area (Å²) in [6.07, 6.45) is 0. The van der Waals surface area contributed by atoms with E-state index in [0.717, 1.165) is 22.4 Å². The zero-order chi connectivity index (χ0) is 15.7. The number of hydrogen-bond donors (Lipinski definition) is 1. The molecule has 0 fully saturated rings. The highest BCUT2D eigenvalue weighted by atomic mass is 16.3. The highest BCUT2D eigenvalue weighted by molar-refractivity contribution is 5.84. The highest BCUT2D eigenvalue weighted by Gasteiger charge is 2.26. The maximum Gasteiger partial charge on any atom is 0.218 e. The van der Waals surface area contributed by atoms with Crippen LogP contribution < -0.4 is 0 Å². The van der Waals surface area contributed by atoms with E-state index >= 15 is 0 Å². The van der Waals surface area contributed by atoms with Crippen molar-refractivity contribution < 1.29 is 5.11 Å². The molecule has 0 aliphatic rings. The van der Waals surface area contributed by atoms with Crippen LogP contribution in [-0.4, -0.2) is 14.9 Å². The summed E-state index contributed by atoms with van der Waals surface area (Å²) in [6, 6.07) is 19.9. The van der Waals surface area contributed by atoms with Crippen LogP contribution in [0.3, 0.4) is 0 Å². The van der Waals surface area contributed by atoms with Gasteiger partial charge in [-0.15, -0.1) is 0 Å². The summed E-state index contributed by atoms with van der Waals surface area (Å²) in [5.74, 6) is 0.206. The van der Waals surface area contributed by atoms with Gasteiger partial charge in [0.15, 0.2) is 0 Å². The van der Waals surface area contributed by atoms with Gasteiger partial charge in [-0.3, -0.25) is 0 Å². The van der Waals surface area contributed by atoms with Crippen LogP contribution in [0.25, 0.3) is 22.4 Å². The molecule has 0 unspecified atom stereocenters. The van der Waals surface area contributed by atoms with E-state index in [1.165, 1.54) is 0 Å². The van der Waals surface area contributed by atoms with E-state index in [0.29, 0.717) is 0 Å². The van der Waals surface area contributed by atoms with Crippen LogP contribution in [0.2, 0.25) is 0 Å². The molecule has 0 aliphatic heterocycles. The molecule has 3 heteroatoms. The van der Waals surface area contributed by atoms with Crippen molar-refractivity contribution >= 4 is 0 Å². The molecule has 1 aromatic heterocycles. The molecule has 112 valence electrons. The topological polar surface area (TPSA) is 38.0 Å². The van der Waals surface area contributed by atoms with E-state index in [-0.39, 0.29) is 11.4 Å². The molecule has 0 spiro atoms. The average Bonchev–Trinajstić information content (AvgIpc) is 2.86. The predicted molar refractivity (Wildman–Crippen MR) is 89.8 cm³/mol. The Bertz CT molecular complexity index is 768. The zero-order valence-electron chi connectivity index (χ0n) is 13.1. The maximum atomic E-state index is 10.8. The van der Waals surface area contributed by atoms with E-state index in [2.05, 4.69) is 0 Å². The lowest BCUT2D eigenvalue weighted by atomic mass is 10.0. The van der Waals surface area contributed by atoms with Crippen molar-refractivity contribution in [1.29, 1.82) is 0 Å². The Balaban J connectivity index is 2.29. The first-order chi connectivity index (χ1) is 10.5. The first-order valence-corrected chi connectivity index (χ1v) is 7.42. The van der Waals surface area contributed by atoms with Crippen molar-refractivity contribution in [3.05, 3.63) is 60.7 Å². The molecule has 3 rings (SSSR count). The van der Waals surface area contributed by atoms with Gasteiger partial charge >= 0.3 is 0 Å². The maximum absolute atomic E-state index is 10.8. The van der Waals surface area contributed by atoms with Crippen LogP contribution in [0.1, 0.15) is 20.8 Å². The van der Waals surface area contributed by atoms with Gasteiger partial charge in [-0.05, 0) is 26.3 Å². The number of nitrogens with zero attached hydrogens (tertiary/aromatic N) is 2. The average molecular weight is 292 g/mol. The highest BCUT2D eigenvalue weighted by Crippen LogP contribution is 2.40. The minimum atomic E-state index is -0.291. The molecule has 0 radical (unpaired) electrons. The van der Waals surface area contributed by atoms with Crippen molar-refractivity contribution in [3.63, 3.8) is 0 Å². The van der Waals surface area contributed by atoms with Crippen LogP contribution in [-0.2, 0) is 5.54 Å². The molecule has 0 saturated heterocycles. The molecule has 1 heterocycles. The second kappa shape index (κ2) is 5.34. The van der Waals surface area contributed by atoms with Gasteiger partial charge in [-0.2, -0.15) is 5.10 Å². The molecular formula is C19H20N2O. The number of hydrogen-bond acceptors (Lipinski definition) is 2. The summed E-state index contributed by atoms with van der Waals surface area (Å²) < 4.78 is 1.69. The third-order valence-corrected chi connectivity index (χ3v) is 3.61. The van der Waals surface area contributed by atoms with Crippen LogP contribution in [0.4, 0.5) is 0 Å². The Morgan fingerprint density at radius 1 is 0.818 bits per heavy atom. The van der Waals surface area contributed by atoms with Crippen LogP contribution in [0, 0.1) is 0 Å². The van der Waals surface area contributed by atoms with Gasteiger partial charge in [0, 0.05) is 5.56 Å². The molecule has 22 heavy (non-hydrogen) atoms. The number of aromatic nitrogens is 2. The van der Waals surface area contributed by atoms with Gasteiger partial charge in [0.25, 0.3) is 0 Å². The predicted octanol–water partition coefficient (Wildman–Crippen LogP) is 4.68.